The predicted octanol–water partition coefficient (Wildman–Crippen LogP) is 0.0843. The van der Waals surface area contributed by atoms with Crippen LogP contribution < -0.4 is 0 Å². The maximum absolute atomic E-state index is 12.5. The average molecular weight is 392 g/mol. The molecule has 9 nitrogen and oxygen atoms in total. The van der Waals surface area contributed by atoms with E-state index < -0.39 is 48.6 Å². The minimum Gasteiger partial charge on any atom is -0.508 e. The van der Waals surface area contributed by atoms with Crippen LogP contribution >= 0.6 is 0 Å². The molecule has 0 saturated carbocycles. The Kier molecular flexibility index (Phi) is 5.52. The van der Waals surface area contributed by atoms with Gasteiger partial charge >= 0.3 is 11.9 Å². The Balaban J connectivity index is 1.76. The van der Waals surface area contributed by atoms with E-state index in [0.29, 0.717) is 5.56 Å². The van der Waals surface area contributed by atoms with Crippen LogP contribution in [-0.2, 0) is 19.1 Å². The number of phenolic OH excluding ortho intramolecular Hbond substituents is 1. The van der Waals surface area contributed by atoms with E-state index >= 15 is 0 Å². The molecule has 0 aliphatic carbocycles. The van der Waals surface area contributed by atoms with Crippen molar-refractivity contribution in [3.05, 3.63) is 42.0 Å². The van der Waals surface area contributed by atoms with Crippen molar-refractivity contribution in [3.8, 4) is 5.75 Å². The van der Waals surface area contributed by atoms with E-state index in [9.17, 15) is 30.0 Å². The van der Waals surface area contributed by atoms with Gasteiger partial charge in [0.05, 0.1) is 5.92 Å². The van der Waals surface area contributed by atoms with Gasteiger partial charge in [-0.3, -0.25) is 4.79 Å². The number of phenols is 1. The van der Waals surface area contributed by atoms with Crippen LogP contribution in [0.2, 0.25) is 0 Å². The first-order chi connectivity index (χ1) is 13.2. The summed E-state index contributed by atoms with van der Waals surface area (Å²) in [7, 11) is 0. The second-order valence-corrected chi connectivity index (χ2v) is 6.68. The number of carboxylic acids is 1. The lowest BCUT2D eigenvalue weighted by Crippen LogP contribution is -2.60. The van der Waals surface area contributed by atoms with Crippen molar-refractivity contribution >= 4 is 22.7 Å². The number of aliphatic hydroxyl groups excluding tert-OH is 3. The molecule has 9 heteroatoms. The normalized spacial score (nSPS) is 28.6. The van der Waals surface area contributed by atoms with Crippen LogP contribution in [0.5, 0.6) is 5.75 Å². The Morgan fingerprint density at radius 1 is 1.00 bits per heavy atom. The highest BCUT2D eigenvalue weighted by atomic mass is 16.7. The summed E-state index contributed by atoms with van der Waals surface area (Å²) in [5.74, 6) is -3.05. The standard InChI is InChI=1S/C19H20O9/c1-8(9-2-3-11-7-12(20)5-4-10(11)6-9)18(26)28-19-15(23)13(21)14(22)16(27-19)17(24)25/h2-8,13-16,19-23H,1H3,(H,24,25)/t8-,13+,14+,15-,16+,19+/m1/s1. The number of hydrogen-bond acceptors (Lipinski definition) is 8. The fraction of sp³-hybridized carbons (Fsp3) is 0.368. The summed E-state index contributed by atoms with van der Waals surface area (Å²) < 4.78 is 10.0. The third-order valence-electron chi connectivity index (χ3n) is 4.75. The van der Waals surface area contributed by atoms with E-state index in [4.69, 9.17) is 14.6 Å². The van der Waals surface area contributed by atoms with E-state index in [0.717, 1.165) is 10.8 Å². The van der Waals surface area contributed by atoms with Crippen molar-refractivity contribution in [2.45, 2.75) is 43.5 Å². The van der Waals surface area contributed by atoms with E-state index in [1.165, 1.54) is 6.07 Å². The second kappa shape index (κ2) is 7.72. The molecule has 6 atom stereocenters. The van der Waals surface area contributed by atoms with Crippen molar-refractivity contribution in [3.63, 3.8) is 0 Å². The van der Waals surface area contributed by atoms with E-state index in [1.807, 2.05) is 0 Å². The fourth-order valence-corrected chi connectivity index (χ4v) is 3.02. The van der Waals surface area contributed by atoms with Gasteiger partial charge in [-0.1, -0.05) is 24.3 Å². The van der Waals surface area contributed by atoms with Crippen molar-refractivity contribution in [1.29, 1.82) is 0 Å². The zero-order valence-corrected chi connectivity index (χ0v) is 14.8. The van der Waals surface area contributed by atoms with Gasteiger partial charge in [-0.05, 0) is 35.4 Å². The summed E-state index contributed by atoms with van der Waals surface area (Å²) >= 11 is 0. The number of aliphatic hydroxyl groups is 3. The molecule has 0 amide bonds. The molecular weight excluding hydrogens is 372 g/mol. The molecule has 28 heavy (non-hydrogen) atoms. The Bertz CT molecular complexity index is 896. The molecular formula is C19H20O9. The van der Waals surface area contributed by atoms with Crippen LogP contribution in [0.4, 0.5) is 0 Å². The fourth-order valence-electron chi connectivity index (χ4n) is 3.02. The molecule has 5 N–H and O–H groups in total. The lowest BCUT2D eigenvalue weighted by Gasteiger charge is -2.38. The molecule has 0 aromatic heterocycles. The Labute approximate surface area is 159 Å². The Morgan fingerprint density at radius 3 is 2.32 bits per heavy atom. The predicted molar refractivity (Wildman–Crippen MR) is 94.4 cm³/mol. The van der Waals surface area contributed by atoms with Crippen LogP contribution in [0.25, 0.3) is 10.8 Å². The van der Waals surface area contributed by atoms with Gasteiger partial charge in [0.1, 0.15) is 24.1 Å². The number of fused-ring (bicyclic) bond motifs is 1. The minimum atomic E-state index is -1.86. The summed E-state index contributed by atoms with van der Waals surface area (Å²) in [6.07, 6.45) is -9.11. The topological polar surface area (TPSA) is 154 Å². The van der Waals surface area contributed by atoms with Crippen LogP contribution in [-0.4, -0.2) is 68.2 Å². The van der Waals surface area contributed by atoms with Gasteiger partial charge in [-0.15, -0.1) is 0 Å². The molecule has 0 bridgehead atoms. The molecule has 0 spiro atoms. The summed E-state index contributed by atoms with van der Waals surface area (Å²) in [4.78, 5) is 23.6. The molecule has 2 aromatic carbocycles. The van der Waals surface area contributed by atoms with E-state index in [1.54, 1.807) is 37.3 Å². The molecule has 1 aliphatic heterocycles. The summed E-state index contributed by atoms with van der Waals surface area (Å²) in [5.41, 5.74) is 0.587. The van der Waals surface area contributed by atoms with Crippen molar-refractivity contribution in [2.24, 2.45) is 0 Å². The number of carboxylic acid groups (broad SMARTS) is 1. The number of hydrogen-bond donors (Lipinski definition) is 5. The molecule has 3 rings (SSSR count). The molecule has 1 fully saturated rings. The summed E-state index contributed by atoms with van der Waals surface area (Å²) in [6.45, 7) is 1.55. The molecule has 150 valence electrons. The summed E-state index contributed by atoms with van der Waals surface area (Å²) in [5, 5.41) is 49.5. The first-order valence-corrected chi connectivity index (χ1v) is 8.54. The highest BCUT2D eigenvalue weighted by molar-refractivity contribution is 5.86. The lowest BCUT2D eigenvalue weighted by molar-refractivity contribution is -0.286. The monoisotopic (exact) mass is 392 g/mol. The molecule has 0 radical (unpaired) electrons. The maximum atomic E-state index is 12.5. The zero-order valence-electron chi connectivity index (χ0n) is 14.8. The highest BCUT2D eigenvalue weighted by Gasteiger charge is 2.48. The second-order valence-electron chi connectivity index (χ2n) is 6.68. The average Bonchev–Trinajstić information content (AvgIpc) is 2.66. The van der Waals surface area contributed by atoms with E-state index in [-0.39, 0.29) is 5.75 Å². The summed E-state index contributed by atoms with van der Waals surface area (Å²) in [6, 6.07) is 9.91. The van der Waals surface area contributed by atoms with Gasteiger partial charge in [-0.2, -0.15) is 0 Å². The number of benzene rings is 2. The SMILES string of the molecule is C[C@@H](C(=O)O[C@@H]1O[C@H](C(=O)O)[C@@H](O)[C@H](O)[C@H]1O)c1ccc2cc(O)ccc2c1. The van der Waals surface area contributed by atoms with Gasteiger partial charge in [0.2, 0.25) is 6.29 Å². The zero-order chi connectivity index (χ0) is 20.6. The number of esters is 1. The molecule has 1 aliphatic rings. The van der Waals surface area contributed by atoms with Crippen molar-refractivity contribution < 1.29 is 44.6 Å². The third kappa shape index (κ3) is 3.78. The quantitative estimate of drug-likeness (QED) is 0.455. The van der Waals surface area contributed by atoms with E-state index in [2.05, 4.69) is 0 Å². The number of aliphatic carboxylic acids is 1. The number of carbonyl (C=O) groups is 2. The van der Waals surface area contributed by atoms with Gasteiger partial charge in [0.25, 0.3) is 0 Å². The Morgan fingerprint density at radius 2 is 1.64 bits per heavy atom. The first-order valence-electron chi connectivity index (χ1n) is 8.54. The number of rotatable bonds is 4. The van der Waals surface area contributed by atoms with Gasteiger partial charge in [0, 0.05) is 0 Å². The number of ether oxygens (including phenoxy) is 2. The highest BCUT2D eigenvalue weighted by Crippen LogP contribution is 2.28. The maximum Gasteiger partial charge on any atom is 0.335 e. The van der Waals surface area contributed by atoms with Gasteiger partial charge in [0.15, 0.2) is 6.10 Å². The number of carbonyl (C=O) groups excluding carboxylic acids is 1. The molecule has 2 aromatic rings. The van der Waals surface area contributed by atoms with Crippen molar-refractivity contribution in [1.82, 2.24) is 0 Å². The van der Waals surface area contributed by atoms with Crippen LogP contribution in [0, 0.1) is 0 Å². The van der Waals surface area contributed by atoms with Gasteiger partial charge < -0.3 is 35.0 Å². The third-order valence-corrected chi connectivity index (χ3v) is 4.75. The molecule has 1 saturated heterocycles. The number of aromatic hydroxyl groups is 1. The van der Waals surface area contributed by atoms with Crippen molar-refractivity contribution in [2.75, 3.05) is 0 Å². The van der Waals surface area contributed by atoms with Crippen LogP contribution in [0.1, 0.15) is 18.4 Å². The Hall–Kier alpha value is -2.72. The first kappa shape index (κ1) is 20.0. The van der Waals surface area contributed by atoms with Crippen LogP contribution in [0.15, 0.2) is 36.4 Å². The minimum absolute atomic E-state index is 0.116. The largest absolute Gasteiger partial charge is 0.508 e. The molecule has 1 heterocycles. The smallest absolute Gasteiger partial charge is 0.335 e. The lowest BCUT2D eigenvalue weighted by atomic mass is 9.97. The molecule has 0 unspecified atom stereocenters. The van der Waals surface area contributed by atoms with Crippen LogP contribution in [0.3, 0.4) is 0 Å². The van der Waals surface area contributed by atoms with Gasteiger partial charge in [-0.25, -0.2) is 4.79 Å².